The standard InChI is InChI=1S/C15H21FN2O4S/c1-23(20,21)18-10-3-2-4-14(18)15(19)17-9-11-22-13-7-5-12(16)6-8-13/h5-8,14H,2-4,9-11H2,1H3,(H,17,19). The normalized spacial score (nSPS) is 19.3. The predicted octanol–water partition coefficient (Wildman–Crippen LogP) is 1.13. The Morgan fingerprint density at radius 3 is 2.70 bits per heavy atom. The second-order valence-electron chi connectivity index (χ2n) is 5.48. The van der Waals surface area contributed by atoms with Crippen LogP contribution in [0.1, 0.15) is 19.3 Å². The second kappa shape index (κ2) is 7.74. The molecule has 1 N–H and O–H groups in total. The van der Waals surface area contributed by atoms with Crippen molar-refractivity contribution in [1.82, 2.24) is 9.62 Å². The molecule has 1 aliphatic rings. The number of ether oxygens (including phenoxy) is 1. The van der Waals surface area contributed by atoms with Gasteiger partial charge < -0.3 is 10.1 Å². The van der Waals surface area contributed by atoms with Gasteiger partial charge in [0.05, 0.1) is 12.8 Å². The van der Waals surface area contributed by atoms with Gasteiger partial charge in [0.1, 0.15) is 24.2 Å². The molecular weight excluding hydrogens is 323 g/mol. The highest BCUT2D eigenvalue weighted by atomic mass is 32.2. The third kappa shape index (κ3) is 5.18. The number of piperidine rings is 1. The van der Waals surface area contributed by atoms with Crippen LogP contribution in [0.3, 0.4) is 0 Å². The molecule has 1 unspecified atom stereocenters. The minimum atomic E-state index is -3.39. The zero-order valence-electron chi connectivity index (χ0n) is 13.0. The number of halogens is 1. The van der Waals surface area contributed by atoms with Crippen molar-refractivity contribution >= 4 is 15.9 Å². The summed E-state index contributed by atoms with van der Waals surface area (Å²) in [6.45, 7) is 0.857. The van der Waals surface area contributed by atoms with E-state index in [1.54, 1.807) is 0 Å². The average molecular weight is 344 g/mol. The van der Waals surface area contributed by atoms with E-state index in [4.69, 9.17) is 4.74 Å². The minimum absolute atomic E-state index is 0.225. The molecule has 0 saturated carbocycles. The number of nitrogens with zero attached hydrogens (tertiary/aromatic N) is 1. The van der Waals surface area contributed by atoms with Gasteiger partial charge in [0.25, 0.3) is 0 Å². The van der Waals surface area contributed by atoms with Crippen molar-refractivity contribution in [3.8, 4) is 5.75 Å². The molecule has 0 bridgehead atoms. The Balaban J connectivity index is 1.80. The van der Waals surface area contributed by atoms with E-state index >= 15 is 0 Å². The third-order valence-electron chi connectivity index (χ3n) is 3.67. The molecule has 0 radical (unpaired) electrons. The molecule has 2 rings (SSSR count). The van der Waals surface area contributed by atoms with Crippen molar-refractivity contribution in [2.75, 3.05) is 26.0 Å². The molecule has 6 nitrogen and oxygen atoms in total. The van der Waals surface area contributed by atoms with Crippen LogP contribution in [0.4, 0.5) is 4.39 Å². The molecule has 23 heavy (non-hydrogen) atoms. The van der Waals surface area contributed by atoms with Gasteiger partial charge in [0, 0.05) is 6.54 Å². The molecule has 1 atom stereocenters. The van der Waals surface area contributed by atoms with Crippen molar-refractivity contribution in [3.63, 3.8) is 0 Å². The third-order valence-corrected chi connectivity index (χ3v) is 4.96. The van der Waals surface area contributed by atoms with Crippen LogP contribution in [0.5, 0.6) is 5.75 Å². The van der Waals surface area contributed by atoms with Crippen LogP contribution in [0.2, 0.25) is 0 Å². The van der Waals surface area contributed by atoms with Crippen molar-refractivity contribution in [1.29, 1.82) is 0 Å². The fraction of sp³-hybridized carbons (Fsp3) is 0.533. The van der Waals surface area contributed by atoms with Gasteiger partial charge in [0.15, 0.2) is 0 Å². The number of hydrogen-bond acceptors (Lipinski definition) is 4. The van der Waals surface area contributed by atoms with Gasteiger partial charge in [-0.1, -0.05) is 6.42 Å². The Bertz CT molecular complexity index is 633. The number of benzene rings is 1. The number of nitrogens with one attached hydrogen (secondary N) is 1. The van der Waals surface area contributed by atoms with Crippen LogP contribution in [-0.4, -0.2) is 50.6 Å². The SMILES string of the molecule is CS(=O)(=O)N1CCCCC1C(=O)NCCOc1ccc(F)cc1. The molecular formula is C15H21FN2O4S. The van der Waals surface area contributed by atoms with Crippen LogP contribution in [0.25, 0.3) is 0 Å². The summed E-state index contributed by atoms with van der Waals surface area (Å²) in [5.41, 5.74) is 0. The summed E-state index contributed by atoms with van der Waals surface area (Å²) in [6.07, 6.45) is 3.24. The van der Waals surface area contributed by atoms with E-state index < -0.39 is 16.1 Å². The zero-order valence-corrected chi connectivity index (χ0v) is 13.8. The van der Waals surface area contributed by atoms with Crippen molar-refractivity contribution in [2.45, 2.75) is 25.3 Å². The number of carbonyl (C=O) groups excluding carboxylic acids is 1. The average Bonchev–Trinajstić information content (AvgIpc) is 2.52. The first-order valence-corrected chi connectivity index (χ1v) is 9.35. The van der Waals surface area contributed by atoms with Gasteiger partial charge >= 0.3 is 0 Å². The van der Waals surface area contributed by atoms with E-state index in [2.05, 4.69) is 5.32 Å². The maximum absolute atomic E-state index is 12.8. The molecule has 0 aromatic heterocycles. The Morgan fingerprint density at radius 1 is 1.35 bits per heavy atom. The Kier molecular flexibility index (Phi) is 5.95. The van der Waals surface area contributed by atoms with Gasteiger partial charge in [-0.05, 0) is 37.1 Å². The fourth-order valence-electron chi connectivity index (χ4n) is 2.56. The smallest absolute Gasteiger partial charge is 0.238 e. The lowest BCUT2D eigenvalue weighted by Crippen LogP contribution is -2.52. The van der Waals surface area contributed by atoms with Gasteiger partial charge in [0.2, 0.25) is 15.9 Å². The molecule has 1 aliphatic heterocycles. The molecule has 0 aliphatic carbocycles. The maximum atomic E-state index is 12.8. The summed E-state index contributed by atoms with van der Waals surface area (Å²) in [5, 5.41) is 2.69. The van der Waals surface area contributed by atoms with Crippen LogP contribution < -0.4 is 10.1 Å². The molecule has 128 valence electrons. The van der Waals surface area contributed by atoms with E-state index in [0.29, 0.717) is 18.7 Å². The first kappa shape index (κ1) is 17.7. The van der Waals surface area contributed by atoms with Gasteiger partial charge in [-0.25, -0.2) is 12.8 Å². The monoisotopic (exact) mass is 344 g/mol. The van der Waals surface area contributed by atoms with Crippen LogP contribution in [-0.2, 0) is 14.8 Å². The summed E-state index contributed by atoms with van der Waals surface area (Å²) in [7, 11) is -3.39. The number of rotatable bonds is 6. The topological polar surface area (TPSA) is 75.7 Å². The number of amides is 1. The van der Waals surface area contributed by atoms with E-state index in [9.17, 15) is 17.6 Å². The molecule has 1 amide bonds. The van der Waals surface area contributed by atoms with E-state index in [0.717, 1.165) is 19.1 Å². The Labute approximate surface area is 135 Å². The highest BCUT2D eigenvalue weighted by molar-refractivity contribution is 7.88. The van der Waals surface area contributed by atoms with E-state index in [1.165, 1.54) is 28.6 Å². The first-order valence-electron chi connectivity index (χ1n) is 7.51. The summed E-state index contributed by atoms with van der Waals surface area (Å²) in [6, 6.07) is 4.94. The number of hydrogen-bond donors (Lipinski definition) is 1. The van der Waals surface area contributed by atoms with Gasteiger partial charge in [-0.15, -0.1) is 0 Å². The van der Waals surface area contributed by atoms with Crippen molar-refractivity contribution < 1.29 is 22.3 Å². The first-order chi connectivity index (χ1) is 10.9. The van der Waals surface area contributed by atoms with Crippen molar-refractivity contribution in [3.05, 3.63) is 30.1 Å². The summed E-state index contributed by atoms with van der Waals surface area (Å²) in [4.78, 5) is 12.2. The molecule has 1 saturated heterocycles. The van der Waals surface area contributed by atoms with Gasteiger partial charge in [-0.3, -0.25) is 4.79 Å². The fourth-order valence-corrected chi connectivity index (χ4v) is 3.68. The lowest BCUT2D eigenvalue weighted by atomic mass is 10.0. The van der Waals surface area contributed by atoms with E-state index in [1.807, 2.05) is 0 Å². The molecule has 1 aromatic rings. The predicted molar refractivity (Wildman–Crippen MR) is 84.1 cm³/mol. The van der Waals surface area contributed by atoms with E-state index in [-0.39, 0.29) is 24.9 Å². The summed E-state index contributed by atoms with van der Waals surface area (Å²) in [5.74, 6) is -0.141. The lowest BCUT2D eigenvalue weighted by Gasteiger charge is -2.32. The van der Waals surface area contributed by atoms with Crippen molar-refractivity contribution in [2.24, 2.45) is 0 Å². The molecule has 1 fully saturated rings. The molecule has 1 aromatic carbocycles. The zero-order chi connectivity index (χ0) is 16.9. The second-order valence-corrected chi connectivity index (χ2v) is 7.41. The highest BCUT2D eigenvalue weighted by Crippen LogP contribution is 2.19. The molecule has 1 heterocycles. The lowest BCUT2D eigenvalue weighted by molar-refractivity contribution is -0.125. The summed E-state index contributed by atoms with van der Waals surface area (Å²) >= 11 is 0. The van der Waals surface area contributed by atoms with Crippen LogP contribution in [0, 0.1) is 5.82 Å². The molecule has 8 heteroatoms. The Morgan fingerprint density at radius 2 is 2.04 bits per heavy atom. The van der Waals surface area contributed by atoms with Gasteiger partial charge in [-0.2, -0.15) is 4.31 Å². The molecule has 0 spiro atoms. The number of sulfonamides is 1. The summed E-state index contributed by atoms with van der Waals surface area (Å²) < 4.78 is 42.9. The minimum Gasteiger partial charge on any atom is -0.492 e. The number of carbonyl (C=O) groups is 1. The maximum Gasteiger partial charge on any atom is 0.238 e. The Hall–Kier alpha value is -1.67. The highest BCUT2D eigenvalue weighted by Gasteiger charge is 2.34. The van der Waals surface area contributed by atoms with Crippen LogP contribution in [0.15, 0.2) is 24.3 Å². The largest absolute Gasteiger partial charge is 0.492 e. The van der Waals surface area contributed by atoms with Crippen LogP contribution >= 0.6 is 0 Å². The quantitative estimate of drug-likeness (QED) is 0.785.